The Morgan fingerprint density at radius 1 is 1.42 bits per heavy atom. The molecule has 1 amide bonds. The SMILES string of the molecule is COC(=O)[C@@H]1C[C@H](C)O[C@H]1[C@H](CC(C)C)NC(C)=O. The van der Waals surface area contributed by atoms with E-state index in [0.29, 0.717) is 12.3 Å². The predicted octanol–water partition coefficient (Wildman–Crippen LogP) is 1.50. The van der Waals surface area contributed by atoms with Gasteiger partial charge in [0.15, 0.2) is 0 Å². The highest BCUT2D eigenvalue weighted by atomic mass is 16.5. The van der Waals surface area contributed by atoms with Crippen molar-refractivity contribution in [1.82, 2.24) is 5.32 Å². The number of ether oxygens (including phenoxy) is 2. The molecule has 5 nitrogen and oxygen atoms in total. The van der Waals surface area contributed by atoms with Gasteiger partial charge in [0, 0.05) is 6.92 Å². The van der Waals surface area contributed by atoms with E-state index in [0.717, 1.165) is 6.42 Å². The van der Waals surface area contributed by atoms with Crippen molar-refractivity contribution in [3.63, 3.8) is 0 Å². The maximum Gasteiger partial charge on any atom is 0.311 e. The van der Waals surface area contributed by atoms with Crippen LogP contribution in [0.4, 0.5) is 0 Å². The summed E-state index contributed by atoms with van der Waals surface area (Å²) < 4.78 is 10.7. The van der Waals surface area contributed by atoms with E-state index in [4.69, 9.17) is 9.47 Å². The smallest absolute Gasteiger partial charge is 0.311 e. The Morgan fingerprint density at radius 3 is 2.53 bits per heavy atom. The molecule has 0 radical (unpaired) electrons. The van der Waals surface area contributed by atoms with Gasteiger partial charge in [-0.2, -0.15) is 0 Å². The molecule has 1 rings (SSSR count). The Bertz CT molecular complexity index is 329. The van der Waals surface area contributed by atoms with Crippen molar-refractivity contribution in [2.45, 2.75) is 58.8 Å². The molecule has 0 aromatic heterocycles. The zero-order valence-corrected chi connectivity index (χ0v) is 12.4. The second-order valence-electron chi connectivity index (χ2n) is 5.71. The molecule has 1 aliphatic heterocycles. The quantitative estimate of drug-likeness (QED) is 0.770. The third-order valence-electron chi connectivity index (χ3n) is 3.39. The number of methoxy groups -OCH3 is 1. The predicted molar refractivity (Wildman–Crippen MR) is 71.5 cm³/mol. The molecule has 0 aromatic rings. The fraction of sp³-hybridized carbons (Fsp3) is 0.857. The van der Waals surface area contributed by atoms with E-state index in [1.807, 2.05) is 6.92 Å². The third-order valence-corrected chi connectivity index (χ3v) is 3.39. The summed E-state index contributed by atoms with van der Waals surface area (Å²) in [6, 6.07) is -0.147. The van der Waals surface area contributed by atoms with Crippen LogP contribution in [0.15, 0.2) is 0 Å². The van der Waals surface area contributed by atoms with Crippen LogP contribution in [0.3, 0.4) is 0 Å². The minimum absolute atomic E-state index is 0.0116. The van der Waals surface area contributed by atoms with E-state index in [1.54, 1.807) is 0 Å². The summed E-state index contributed by atoms with van der Waals surface area (Å²) in [7, 11) is 1.39. The average Bonchev–Trinajstić information content (AvgIpc) is 2.68. The average molecular weight is 271 g/mol. The van der Waals surface area contributed by atoms with Crippen LogP contribution in [-0.4, -0.2) is 37.2 Å². The van der Waals surface area contributed by atoms with Gasteiger partial charge >= 0.3 is 5.97 Å². The van der Waals surface area contributed by atoms with Crippen molar-refractivity contribution in [2.24, 2.45) is 11.8 Å². The highest BCUT2D eigenvalue weighted by molar-refractivity contribution is 5.75. The first-order valence-corrected chi connectivity index (χ1v) is 6.85. The fourth-order valence-electron chi connectivity index (χ4n) is 2.71. The van der Waals surface area contributed by atoms with Gasteiger partial charge in [-0.3, -0.25) is 9.59 Å². The summed E-state index contributed by atoms with van der Waals surface area (Å²) in [5.41, 5.74) is 0. The molecule has 0 aliphatic carbocycles. The summed E-state index contributed by atoms with van der Waals surface area (Å²) >= 11 is 0. The molecule has 1 fully saturated rings. The molecule has 0 bridgehead atoms. The summed E-state index contributed by atoms with van der Waals surface area (Å²) in [6.07, 6.45) is 1.14. The van der Waals surface area contributed by atoms with Gasteiger partial charge in [-0.15, -0.1) is 0 Å². The van der Waals surface area contributed by atoms with Crippen molar-refractivity contribution in [3.8, 4) is 0 Å². The number of carbonyl (C=O) groups excluding carboxylic acids is 2. The summed E-state index contributed by atoms with van der Waals surface area (Å²) in [4.78, 5) is 23.2. The van der Waals surface area contributed by atoms with Crippen molar-refractivity contribution >= 4 is 11.9 Å². The van der Waals surface area contributed by atoms with Gasteiger partial charge < -0.3 is 14.8 Å². The van der Waals surface area contributed by atoms with Gasteiger partial charge in [-0.05, 0) is 25.7 Å². The van der Waals surface area contributed by atoms with E-state index >= 15 is 0 Å². The maximum absolute atomic E-state index is 11.8. The molecule has 5 heteroatoms. The zero-order chi connectivity index (χ0) is 14.6. The molecule has 0 aromatic carbocycles. The molecule has 110 valence electrons. The van der Waals surface area contributed by atoms with Gasteiger partial charge in [0.2, 0.25) is 5.91 Å². The molecule has 1 saturated heterocycles. The largest absolute Gasteiger partial charge is 0.469 e. The van der Waals surface area contributed by atoms with E-state index in [2.05, 4.69) is 19.2 Å². The third kappa shape index (κ3) is 4.49. The van der Waals surface area contributed by atoms with Crippen molar-refractivity contribution in [1.29, 1.82) is 0 Å². The number of carbonyl (C=O) groups is 2. The van der Waals surface area contributed by atoms with Crippen LogP contribution in [0.1, 0.15) is 40.5 Å². The van der Waals surface area contributed by atoms with Gasteiger partial charge in [0.1, 0.15) is 0 Å². The molecule has 1 aliphatic rings. The molecular weight excluding hydrogens is 246 g/mol. The normalized spacial score (nSPS) is 28.2. The van der Waals surface area contributed by atoms with Gasteiger partial charge in [0.25, 0.3) is 0 Å². The van der Waals surface area contributed by atoms with Gasteiger partial charge in [0.05, 0.1) is 31.3 Å². The van der Waals surface area contributed by atoms with Crippen LogP contribution < -0.4 is 5.32 Å². The van der Waals surface area contributed by atoms with E-state index in [-0.39, 0.29) is 36.0 Å². The molecule has 1 heterocycles. The standard InChI is InChI=1S/C14H25NO4/c1-8(2)6-12(15-10(4)16)13-11(14(17)18-5)7-9(3)19-13/h8-9,11-13H,6-7H2,1-5H3,(H,15,16)/t9-,11+,12-,13+/m0/s1. The number of rotatable bonds is 5. The Labute approximate surface area is 115 Å². The van der Waals surface area contributed by atoms with Gasteiger partial charge in [-0.25, -0.2) is 0 Å². The topological polar surface area (TPSA) is 64.6 Å². The maximum atomic E-state index is 11.8. The first kappa shape index (κ1) is 16.0. The van der Waals surface area contributed by atoms with E-state index in [1.165, 1.54) is 14.0 Å². The fourth-order valence-corrected chi connectivity index (χ4v) is 2.71. The van der Waals surface area contributed by atoms with E-state index < -0.39 is 0 Å². The van der Waals surface area contributed by atoms with Crippen molar-refractivity contribution < 1.29 is 19.1 Å². The molecule has 0 saturated carbocycles. The van der Waals surface area contributed by atoms with Crippen LogP contribution in [0.5, 0.6) is 0 Å². The monoisotopic (exact) mass is 271 g/mol. The number of hydrogen-bond acceptors (Lipinski definition) is 4. The molecule has 0 spiro atoms. The number of hydrogen-bond donors (Lipinski definition) is 1. The van der Waals surface area contributed by atoms with Crippen LogP contribution in [-0.2, 0) is 19.1 Å². The first-order chi connectivity index (χ1) is 8.85. The Morgan fingerprint density at radius 2 is 2.05 bits per heavy atom. The van der Waals surface area contributed by atoms with Crippen LogP contribution in [0, 0.1) is 11.8 Å². The van der Waals surface area contributed by atoms with Crippen LogP contribution >= 0.6 is 0 Å². The lowest BCUT2D eigenvalue weighted by Gasteiger charge is -2.28. The lowest BCUT2D eigenvalue weighted by atomic mass is 9.90. The molecule has 19 heavy (non-hydrogen) atoms. The molecule has 0 unspecified atom stereocenters. The Kier molecular flexibility index (Phi) is 5.79. The second kappa shape index (κ2) is 6.89. The van der Waals surface area contributed by atoms with Crippen LogP contribution in [0.2, 0.25) is 0 Å². The summed E-state index contributed by atoms with van der Waals surface area (Å²) in [6.45, 7) is 7.59. The number of esters is 1. The molecular formula is C14H25NO4. The highest BCUT2D eigenvalue weighted by Gasteiger charge is 2.43. The van der Waals surface area contributed by atoms with Crippen LogP contribution in [0.25, 0.3) is 0 Å². The van der Waals surface area contributed by atoms with Crippen molar-refractivity contribution in [3.05, 3.63) is 0 Å². The number of nitrogens with one attached hydrogen (secondary N) is 1. The highest BCUT2D eigenvalue weighted by Crippen LogP contribution is 2.31. The van der Waals surface area contributed by atoms with Gasteiger partial charge in [-0.1, -0.05) is 13.8 Å². The van der Waals surface area contributed by atoms with E-state index in [9.17, 15) is 9.59 Å². The summed E-state index contributed by atoms with van der Waals surface area (Å²) in [5, 5.41) is 2.91. The Hall–Kier alpha value is -1.10. The second-order valence-corrected chi connectivity index (χ2v) is 5.71. The minimum atomic E-state index is -0.297. The zero-order valence-electron chi connectivity index (χ0n) is 12.4. The Balaban J connectivity index is 2.84. The summed E-state index contributed by atoms with van der Waals surface area (Å²) in [5.74, 6) is -0.240. The molecule has 4 atom stereocenters. The lowest BCUT2D eigenvalue weighted by Crippen LogP contribution is -2.47. The lowest BCUT2D eigenvalue weighted by molar-refractivity contribution is -0.148. The first-order valence-electron chi connectivity index (χ1n) is 6.85. The number of amides is 1. The van der Waals surface area contributed by atoms with Crippen molar-refractivity contribution in [2.75, 3.05) is 7.11 Å². The minimum Gasteiger partial charge on any atom is -0.469 e. The molecule has 1 N–H and O–H groups in total.